The summed E-state index contributed by atoms with van der Waals surface area (Å²) in [5, 5.41) is 11.7. The Bertz CT molecular complexity index is 1750. The number of hydrogen-bond acceptors (Lipinski definition) is 3. The van der Waals surface area contributed by atoms with Gasteiger partial charge in [-0.15, -0.1) is 11.3 Å². The van der Waals surface area contributed by atoms with Crippen LogP contribution in [0.3, 0.4) is 0 Å². The maximum absolute atomic E-state index is 8.29. The van der Waals surface area contributed by atoms with Crippen LogP contribution in [0.15, 0.2) is 120 Å². The standard InChI is InChI=1S/C31H22N4S/c32-29(21-8-3-1-4-9-21)35-30(33)25-13-7-12-23(18-25)24-15-14-20-16-17-27-28(26(20)19-24)36-31(34-27)22-10-5-2-6-11-22/h1-19H,(H3,32,33,35). The lowest BCUT2D eigenvalue weighted by molar-refractivity contribution is 1.40. The van der Waals surface area contributed by atoms with E-state index in [0.29, 0.717) is 5.84 Å². The van der Waals surface area contributed by atoms with Crippen molar-refractivity contribution in [2.24, 2.45) is 10.7 Å². The molecule has 0 aliphatic carbocycles. The highest BCUT2D eigenvalue weighted by Crippen LogP contribution is 2.36. The first-order chi connectivity index (χ1) is 17.7. The minimum Gasteiger partial charge on any atom is -0.383 e. The van der Waals surface area contributed by atoms with Gasteiger partial charge in [-0.05, 0) is 34.7 Å². The number of nitrogens with one attached hydrogen (secondary N) is 1. The van der Waals surface area contributed by atoms with Crippen LogP contribution in [0.5, 0.6) is 0 Å². The van der Waals surface area contributed by atoms with Gasteiger partial charge in [0.25, 0.3) is 0 Å². The molecule has 0 bridgehead atoms. The largest absolute Gasteiger partial charge is 0.383 e. The fourth-order valence-corrected chi connectivity index (χ4v) is 5.39. The third-order valence-electron chi connectivity index (χ3n) is 6.16. The second-order valence-corrected chi connectivity index (χ2v) is 9.53. The van der Waals surface area contributed by atoms with Gasteiger partial charge in [-0.1, -0.05) is 97.1 Å². The van der Waals surface area contributed by atoms with Crippen molar-refractivity contribution in [3.8, 4) is 21.7 Å². The van der Waals surface area contributed by atoms with Crippen molar-refractivity contribution in [1.82, 2.24) is 4.98 Å². The predicted molar refractivity (Wildman–Crippen MR) is 152 cm³/mol. The quantitative estimate of drug-likeness (QED) is 0.201. The fourth-order valence-electron chi connectivity index (χ4n) is 4.29. The van der Waals surface area contributed by atoms with E-state index in [4.69, 9.17) is 16.1 Å². The van der Waals surface area contributed by atoms with E-state index in [1.807, 2.05) is 66.7 Å². The Morgan fingerprint density at radius 1 is 0.694 bits per heavy atom. The molecule has 0 amide bonds. The summed E-state index contributed by atoms with van der Waals surface area (Å²) in [5.41, 5.74) is 12.1. The van der Waals surface area contributed by atoms with Gasteiger partial charge in [-0.2, -0.15) is 0 Å². The highest BCUT2D eigenvalue weighted by Gasteiger charge is 2.11. The first-order valence-corrected chi connectivity index (χ1v) is 12.4. The zero-order chi connectivity index (χ0) is 24.5. The van der Waals surface area contributed by atoms with Crippen LogP contribution in [-0.2, 0) is 0 Å². The molecular weight excluding hydrogens is 460 g/mol. The molecule has 1 aromatic heterocycles. The fraction of sp³-hybridized carbons (Fsp3) is 0. The Morgan fingerprint density at radius 2 is 1.36 bits per heavy atom. The number of amidine groups is 2. The van der Waals surface area contributed by atoms with Crippen LogP contribution in [0, 0.1) is 5.41 Å². The maximum Gasteiger partial charge on any atom is 0.154 e. The molecule has 6 rings (SSSR count). The van der Waals surface area contributed by atoms with Crippen molar-refractivity contribution in [3.05, 3.63) is 126 Å². The van der Waals surface area contributed by atoms with Crippen LogP contribution in [0.2, 0.25) is 0 Å². The van der Waals surface area contributed by atoms with Gasteiger partial charge in [0.15, 0.2) is 5.84 Å². The second kappa shape index (κ2) is 9.21. The number of thiazole rings is 1. The zero-order valence-corrected chi connectivity index (χ0v) is 20.2. The molecule has 4 nitrogen and oxygen atoms in total. The van der Waals surface area contributed by atoms with Gasteiger partial charge < -0.3 is 5.73 Å². The van der Waals surface area contributed by atoms with Crippen LogP contribution < -0.4 is 5.73 Å². The van der Waals surface area contributed by atoms with Crippen molar-refractivity contribution >= 4 is 44.0 Å². The molecule has 36 heavy (non-hydrogen) atoms. The number of nitrogens with zero attached hydrogens (tertiary/aromatic N) is 2. The molecule has 0 fully saturated rings. The lowest BCUT2D eigenvalue weighted by atomic mass is 9.99. The summed E-state index contributed by atoms with van der Waals surface area (Å²) >= 11 is 1.72. The lowest BCUT2D eigenvalue weighted by Gasteiger charge is -2.08. The molecule has 1 heterocycles. The summed E-state index contributed by atoms with van der Waals surface area (Å²) < 4.78 is 1.18. The molecule has 0 saturated carbocycles. The van der Waals surface area contributed by atoms with E-state index in [0.717, 1.165) is 38.3 Å². The van der Waals surface area contributed by atoms with Gasteiger partial charge in [-0.25, -0.2) is 9.98 Å². The maximum atomic E-state index is 8.29. The van der Waals surface area contributed by atoms with E-state index in [1.165, 1.54) is 15.5 Å². The number of hydrogen-bond donors (Lipinski definition) is 2. The van der Waals surface area contributed by atoms with Crippen LogP contribution in [-0.4, -0.2) is 16.7 Å². The van der Waals surface area contributed by atoms with Gasteiger partial charge in [0.1, 0.15) is 10.8 Å². The first kappa shape index (κ1) is 21.9. The molecule has 0 aliphatic heterocycles. The third kappa shape index (κ3) is 4.17. The Kier molecular flexibility index (Phi) is 5.60. The molecule has 0 spiro atoms. The van der Waals surface area contributed by atoms with E-state index in [-0.39, 0.29) is 5.84 Å². The molecule has 0 aliphatic rings. The number of aliphatic imine (C=N–C) groups is 1. The first-order valence-electron chi connectivity index (χ1n) is 11.6. The number of fused-ring (bicyclic) bond motifs is 3. The molecule has 0 radical (unpaired) electrons. The smallest absolute Gasteiger partial charge is 0.154 e. The Hall–Kier alpha value is -4.61. The second-order valence-electron chi connectivity index (χ2n) is 8.53. The summed E-state index contributed by atoms with van der Waals surface area (Å²) in [4.78, 5) is 9.24. The van der Waals surface area contributed by atoms with Gasteiger partial charge >= 0.3 is 0 Å². The zero-order valence-electron chi connectivity index (χ0n) is 19.3. The Balaban J connectivity index is 1.39. The molecule has 172 valence electrons. The van der Waals surface area contributed by atoms with Crippen molar-refractivity contribution in [3.63, 3.8) is 0 Å². The number of aromatic nitrogens is 1. The lowest BCUT2D eigenvalue weighted by Crippen LogP contribution is -2.16. The van der Waals surface area contributed by atoms with E-state index in [2.05, 4.69) is 53.5 Å². The minimum atomic E-state index is 0.144. The third-order valence-corrected chi connectivity index (χ3v) is 7.32. The van der Waals surface area contributed by atoms with Gasteiger partial charge in [0.05, 0.1) is 10.2 Å². The average molecular weight is 483 g/mol. The summed E-state index contributed by atoms with van der Waals surface area (Å²) in [6, 6.07) is 38.4. The van der Waals surface area contributed by atoms with Crippen molar-refractivity contribution < 1.29 is 0 Å². The highest BCUT2D eigenvalue weighted by molar-refractivity contribution is 7.22. The molecule has 0 saturated heterocycles. The predicted octanol–water partition coefficient (Wildman–Crippen LogP) is 7.51. The number of benzene rings is 5. The molecule has 3 N–H and O–H groups in total. The van der Waals surface area contributed by atoms with Gasteiger partial charge in [0.2, 0.25) is 0 Å². The minimum absolute atomic E-state index is 0.144. The SMILES string of the molecule is N=C(N=C(N)c1cccc(-c2ccc3ccc4nc(-c5ccccc5)sc4c3c2)c1)c1ccccc1. The molecular formula is C31H22N4S. The topological polar surface area (TPSA) is 75.1 Å². The summed E-state index contributed by atoms with van der Waals surface area (Å²) in [7, 11) is 0. The van der Waals surface area contributed by atoms with Crippen molar-refractivity contribution in [2.45, 2.75) is 0 Å². The summed E-state index contributed by atoms with van der Waals surface area (Å²) in [6.45, 7) is 0. The Labute approximate surface area is 212 Å². The van der Waals surface area contributed by atoms with Gasteiger partial charge in [0, 0.05) is 22.1 Å². The van der Waals surface area contributed by atoms with Crippen LogP contribution in [0.25, 0.3) is 42.7 Å². The molecule has 0 atom stereocenters. The van der Waals surface area contributed by atoms with Gasteiger partial charge in [-0.3, -0.25) is 5.41 Å². The Morgan fingerprint density at radius 3 is 2.17 bits per heavy atom. The van der Waals surface area contributed by atoms with Crippen molar-refractivity contribution in [1.29, 1.82) is 5.41 Å². The molecule has 0 unspecified atom stereocenters. The summed E-state index contributed by atoms with van der Waals surface area (Å²) in [5.74, 6) is 0.467. The monoisotopic (exact) mass is 482 g/mol. The van der Waals surface area contributed by atoms with Crippen LogP contribution in [0.4, 0.5) is 0 Å². The molecule has 6 aromatic rings. The number of nitrogens with two attached hydrogens (primary N) is 1. The van der Waals surface area contributed by atoms with Crippen LogP contribution in [0.1, 0.15) is 11.1 Å². The molecule has 5 aromatic carbocycles. The van der Waals surface area contributed by atoms with Crippen molar-refractivity contribution in [2.75, 3.05) is 0 Å². The summed E-state index contributed by atoms with van der Waals surface area (Å²) in [6.07, 6.45) is 0. The average Bonchev–Trinajstić information content (AvgIpc) is 3.39. The van der Waals surface area contributed by atoms with Crippen LogP contribution >= 0.6 is 11.3 Å². The number of rotatable bonds is 4. The highest BCUT2D eigenvalue weighted by atomic mass is 32.1. The van der Waals surface area contributed by atoms with E-state index in [1.54, 1.807) is 11.3 Å². The van der Waals surface area contributed by atoms with E-state index >= 15 is 0 Å². The molecule has 5 heteroatoms. The van der Waals surface area contributed by atoms with E-state index in [9.17, 15) is 0 Å². The normalized spacial score (nSPS) is 11.7. The van der Waals surface area contributed by atoms with E-state index < -0.39 is 0 Å².